The summed E-state index contributed by atoms with van der Waals surface area (Å²) in [4.78, 5) is 45.3. The van der Waals surface area contributed by atoms with E-state index in [1.807, 2.05) is 97.1 Å². The van der Waals surface area contributed by atoms with Gasteiger partial charge in [-0.1, -0.05) is 72.8 Å². The van der Waals surface area contributed by atoms with Gasteiger partial charge in [0.2, 0.25) is 0 Å². The van der Waals surface area contributed by atoms with Crippen molar-refractivity contribution in [1.29, 1.82) is 0 Å². The van der Waals surface area contributed by atoms with Crippen molar-refractivity contribution in [2.45, 2.75) is 97.7 Å². The topological polar surface area (TPSA) is 234 Å². The summed E-state index contributed by atoms with van der Waals surface area (Å²) >= 11 is 0. The maximum absolute atomic E-state index is 11.3. The van der Waals surface area contributed by atoms with Crippen LogP contribution in [-0.4, -0.2) is 119 Å². The van der Waals surface area contributed by atoms with Crippen molar-refractivity contribution < 1.29 is 58.6 Å². The Balaban J connectivity index is 1.10. The fourth-order valence-electron chi connectivity index (χ4n) is 11.3. The van der Waals surface area contributed by atoms with Crippen LogP contribution in [0.1, 0.15) is 71.6 Å². The molecule has 8 bridgehead atoms. The van der Waals surface area contributed by atoms with Crippen LogP contribution < -0.4 is 40.2 Å². The minimum atomic E-state index is -1.05. The second-order valence-corrected chi connectivity index (χ2v) is 18.2. The van der Waals surface area contributed by atoms with E-state index in [1.54, 1.807) is 0 Å². The number of ether oxygens (including phenoxy) is 4. The first-order valence-corrected chi connectivity index (χ1v) is 23.1. The Bertz CT molecular complexity index is 2140. The summed E-state index contributed by atoms with van der Waals surface area (Å²) < 4.78 is 22.1. The summed E-state index contributed by atoms with van der Waals surface area (Å²) in [5, 5.41) is 53.4. The van der Waals surface area contributed by atoms with Gasteiger partial charge in [0.15, 0.2) is 26.4 Å². The van der Waals surface area contributed by atoms with Crippen LogP contribution in [0, 0.1) is 0 Å². The molecule has 12 atom stereocenters. The molecule has 12 unspecified atom stereocenters. The molecule has 0 amide bonds. The van der Waals surface area contributed by atoms with Crippen molar-refractivity contribution in [2.75, 3.05) is 26.4 Å². The van der Waals surface area contributed by atoms with Crippen LogP contribution in [0.25, 0.3) is 0 Å². The molecule has 4 aromatic rings. The number of carboxylic acid groups (broad SMARTS) is 4. The quantitative estimate of drug-likeness (QED) is 0.0689. The zero-order valence-corrected chi connectivity index (χ0v) is 37.2. The van der Waals surface area contributed by atoms with Gasteiger partial charge in [0.05, 0.1) is 0 Å². The van der Waals surface area contributed by atoms with Crippen molar-refractivity contribution in [3.63, 3.8) is 0 Å². The molecule has 8 N–H and O–H groups in total. The predicted molar refractivity (Wildman–Crippen MR) is 249 cm³/mol. The molecule has 16 heteroatoms. The zero-order valence-electron chi connectivity index (χ0n) is 37.2. The number of rotatable bonds is 16. The summed E-state index contributed by atoms with van der Waals surface area (Å²) in [7, 11) is 0. The number of carbonyl (C=O) groups is 4. The maximum atomic E-state index is 11.3. The Morgan fingerprint density at radius 3 is 0.750 bits per heavy atom. The summed E-state index contributed by atoms with van der Waals surface area (Å²) in [6.07, 6.45) is 12.6. The number of benzene rings is 4. The van der Waals surface area contributed by atoms with E-state index in [-0.39, 0.29) is 72.0 Å². The molecule has 3 saturated heterocycles. The summed E-state index contributed by atoms with van der Waals surface area (Å²) in [6, 6.07) is 30.6. The van der Waals surface area contributed by atoms with Gasteiger partial charge in [-0.25, -0.2) is 19.2 Å². The first-order valence-electron chi connectivity index (χ1n) is 23.1. The highest BCUT2D eigenvalue weighted by molar-refractivity contribution is 5.69. The van der Waals surface area contributed by atoms with Crippen molar-refractivity contribution in [1.82, 2.24) is 21.3 Å². The Labute approximate surface area is 393 Å². The molecule has 5 heterocycles. The van der Waals surface area contributed by atoms with Crippen LogP contribution in [0.4, 0.5) is 0 Å². The third-order valence-corrected chi connectivity index (χ3v) is 14.0. The van der Waals surface area contributed by atoms with Crippen LogP contribution in [0.15, 0.2) is 121 Å². The molecular weight excluding hydrogens is 873 g/mol. The lowest BCUT2D eigenvalue weighted by molar-refractivity contribution is -0.140. The van der Waals surface area contributed by atoms with Crippen LogP contribution in [0.5, 0.6) is 23.0 Å². The molecule has 5 aliphatic heterocycles. The number of carboxylic acids is 4. The molecule has 356 valence electrons. The molecule has 0 radical (unpaired) electrons. The number of nitrogens with one attached hydrogen (secondary N) is 4. The molecule has 0 aromatic heterocycles. The summed E-state index contributed by atoms with van der Waals surface area (Å²) in [6.45, 7) is -1.77. The van der Waals surface area contributed by atoms with Crippen molar-refractivity contribution in [2.24, 2.45) is 0 Å². The second-order valence-electron chi connectivity index (χ2n) is 18.2. The Morgan fingerprint density at radius 1 is 0.353 bits per heavy atom. The molecule has 68 heavy (non-hydrogen) atoms. The van der Waals surface area contributed by atoms with Gasteiger partial charge >= 0.3 is 23.9 Å². The lowest BCUT2D eigenvalue weighted by Gasteiger charge is -2.38. The van der Waals surface area contributed by atoms with E-state index >= 15 is 0 Å². The van der Waals surface area contributed by atoms with Gasteiger partial charge in [-0.15, -0.1) is 0 Å². The summed E-state index contributed by atoms with van der Waals surface area (Å²) in [5.74, 6) is -2.50. The third-order valence-electron chi connectivity index (χ3n) is 14.0. The lowest BCUT2D eigenvalue weighted by atomic mass is 9.83. The van der Waals surface area contributed by atoms with E-state index in [1.165, 1.54) is 0 Å². The van der Waals surface area contributed by atoms with E-state index < -0.39 is 50.3 Å². The van der Waals surface area contributed by atoms with E-state index in [0.717, 1.165) is 47.9 Å². The molecule has 3 fully saturated rings. The SMILES string of the molecule is O=C(O)COc1ccc(C2C3C=CC(N3)C(c3ccc(OCC(=O)O)cc3)C3CCC(N3)C(c3ccc(OCC(=O)O)cc3)C3C=CC(N3)C(c3ccc(OCC(=O)O)cc3)C3CCC2N3)cc1. The number of aliphatic carboxylic acids is 4. The minimum Gasteiger partial charge on any atom is -0.482 e. The molecule has 4 aromatic carbocycles. The van der Waals surface area contributed by atoms with E-state index in [0.29, 0.717) is 23.0 Å². The van der Waals surface area contributed by atoms with E-state index in [9.17, 15) is 39.6 Å². The van der Waals surface area contributed by atoms with Gasteiger partial charge < -0.3 is 60.6 Å². The Kier molecular flexibility index (Phi) is 14.1. The van der Waals surface area contributed by atoms with Crippen LogP contribution in [-0.2, 0) is 19.2 Å². The molecular formula is C52H56N4O12. The second kappa shape index (κ2) is 20.7. The first kappa shape index (κ1) is 46.4. The van der Waals surface area contributed by atoms with Gasteiger partial charge in [-0.2, -0.15) is 0 Å². The zero-order chi connectivity index (χ0) is 47.3. The van der Waals surface area contributed by atoms with Crippen molar-refractivity contribution in [3.8, 4) is 23.0 Å². The normalized spacial score (nSPS) is 29.3. The average molecular weight is 929 g/mol. The standard InChI is InChI=1S/C52H56N4O12/c57-45(58)25-65-33-9-1-29(2-10-33)49-37-17-19-39(53-37)50(30-3-11-34(12-4-30)66-26-46(59)60)41-21-23-43(55-41)52(32-7-15-36(16-8-32)68-28-48(63)64)44-24-22-42(56-44)51(40-20-18-38(49)54-40)31-5-13-35(14-6-31)67-27-47(61)62/h1-17,19,22,24,37-44,49-56H,18,20-21,23,25-28H2,(H,57,58)(H,59,60)(H,61,62)(H,63,64). The maximum Gasteiger partial charge on any atom is 0.341 e. The fraction of sp³-hybridized carbons (Fsp3) is 0.385. The molecule has 0 spiro atoms. The van der Waals surface area contributed by atoms with E-state index in [2.05, 4.69) is 45.6 Å². The monoisotopic (exact) mass is 928 g/mol. The first-order chi connectivity index (χ1) is 32.9. The van der Waals surface area contributed by atoms with Gasteiger partial charge in [-0.05, 0) is 96.5 Å². The molecule has 9 rings (SSSR count). The van der Waals surface area contributed by atoms with Gasteiger partial charge in [0.1, 0.15) is 23.0 Å². The van der Waals surface area contributed by atoms with Crippen molar-refractivity contribution >= 4 is 23.9 Å². The molecule has 0 aliphatic carbocycles. The predicted octanol–water partition coefficient (Wildman–Crippen LogP) is 5.02. The largest absolute Gasteiger partial charge is 0.482 e. The Hall–Kier alpha value is -6.72. The molecule has 5 aliphatic rings. The third kappa shape index (κ3) is 10.7. The molecule has 16 nitrogen and oxygen atoms in total. The summed E-state index contributed by atoms with van der Waals surface area (Å²) in [5.41, 5.74) is 4.29. The van der Waals surface area contributed by atoms with Crippen molar-refractivity contribution in [3.05, 3.63) is 144 Å². The highest BCUT2D eigenvalue weighted by Crippen LogP contribution is 2.44. The number of hydrogen-bond acceptors (Lipinski definition) is 12. The highest BCUT2D eigenvalue weighted by atomic mass is 16.5. The van der Waals surface area contributed by atoms with Gasteiger partial charge in [-0.3, -0.25) is 0 Å². The van der Waals surface area contributed by atoms with Crippen LogP contribution in [0.2, 0.25) is 0 Å². The minimum absolute atomic E-state index is 0.0224. The Morgan fingerprint density at radius 2 is 0.559 bits per heavy atom. The van der Waals surface area contributed by atoms with Gasteiger partial charge in [0, 0.05) is 72.0 Å². The van der Waals surface area contributed by atoms with Crippen LogP contribution in [0.3, 0.4) is 0 Å². The fourth-order valence-corrected chi connectivity index (χ4v) is 11.3. The smallest absolute Gasteiger partial charge is 0.341 e. The lowest BCUT2D eigenvalue weighted by Crippen LogP contribution is -2.52. The highest BCUT2D eigenvalue weighted by Gasteiger charge is 2.47. The van der Waals surface area contributed by atoms with Crippen LogP contribution >= 0.6 is 0 Å². The molecule has 0 saturated carbocycles. The van der Waals surface area contributed by atoms with Gasteiger partial charge in [0.25, 0.3) is 0 Å². The number of hydrogen-bond donors (Lipinski definition) is 8. The number of fused-ring (bicyclic) bond motifs is 8. The van der Waals surface area contributed by atoms with E-state index in [4.69, 9.17) is 18.9 Å². The average Bonchev–Trinajstić information content (AvgIpc) is 4.19.